The minimum absolute atomic E-state index is 0.0293. The Bertz CT molecular complexity index is 1420. The van der Waals surface area contributed by atoms with Crippen LogP contribution in [0.25, 0.3) is 10.9 Å². The summed E-state index contributed by atoms with van der Waals surface area (Å²) in [6.07, 6.45) is 7.56. The SMILES string of the molecule is Cc1n(CC2CCc3c(c4ccccc4n3C)C2=O)cc[n+]1COC(=O)C1(NC(=O)OC(C)(C)C)CCCC1. The number of hydrogen-bond acceptors (Lipinski definition) is 5. The third kappa shape index (κ3) is 5.18. The number of aromatic nitrogens is 3. The minimum Gasteiger partial charge on any atom is -0.444 e. The number of carbonyl (C=O) groups excluding carboxylic acids is 3. The van der Waals surface area contributed by atoms with Crippen molar-refractivity contribution in [3.63, 3.8) is 0 Å². The van der Waals surface area contributed by atoms with E-state index in [0.29, 0.717) is 19.4 Å². The molecule has 9 heteroatoms. The zero-order valence-electron chi connectivity index (χ0n) is 23.6. The van der Waals surface area contributed by atoms with Crippen molar-refractivity contribution >= 4 is 28.7 Å². The number of rotatable bonds is 6. The number of nitrogens with one attached hydrogen (secondary N) is 1. The van der Waals surface area contributed by atoms with Crippen LogP contribution < -0.4 is 9.88 Å². The summed E-state index contributed by atoms with van der Waals surface area (Å²) in [7, 11) is 2.04. The van der Waals surface area contributed by atoms with E-state index in [-0.39, 0.29) is 18.4 Å². The van der Waals surface area contributed by atoms with Crippen LogP contribution in [0.3, 0.4) is 0 Å². The number of ketones is 1. The van der Waals surface area contributed by atoms with Crippen LogP contribution in [0.4, 0.5) is 4.79 Å². The molecule has 1 unspecified atom stereocenters. The van der Waals surface area contributed by atoms with Gasteiger partial charge in [-0.1, -0.05) is 31.0 Å². The van der Waals surface area contributed by atoms with E-state index in [1.165, 1.54) is 0 Å². The lowest BCUT2D eigenvalue weighted by Gasteiger charge is -2.29. The molecular formula is C30H39N4O5+. The highest BCUT2D eigenvalue weighted by atomic mass is 16.6. The molecule has 2 aromatic heterocycles. The van der Waals surface area contributed by atoms with Gasteiger partial charge in [0, 0.05) is 36.1 Å². The average Bonchev–Trinajstić information content (AvgIpc) is 3.56. The fourth-order valence-electron chi connectivity index (χ4n) is 6.07. The Balaban J connectivity index is 1.25. The predicted octanol–water partition coefficient (Wildman–Crippen LogP) is 4.36. The lowest BCUT2D eigenvalue weighted by molar-refractivity contribution is -0.732. The van der Waals surface area contributed by atoms with Gasteiger partial charge in [-0.25, -0.2) is 14.2 Å². The summed E-state index contributed by atoms with van der Waals surface area (Å²) < 4.78 is 17.2. The van der Waals surface area contributed by atoms with Crippen LogP contribution in [-0.4, -0.2) is 38.1 Å². The number of ether oxygens (including phenoxy) is 2. The van der Waals surface area contributed by atoms with Gasteiger partial charge in [-0.3, -0.25) is 4.79 Å². The van der Waals surface area contributed by atoms with Gasteiger partial charge in [-0.05, 0) is 52.5 Å². The van der Waals surface area contributed by atoms with E-state index < -0.39 is 23.2 Å². The Morgan fingerprint density at radius 1 is 1.18 bits per heavy atom. The van der Waals surface area contributed by atoms with Gasteiger partial charge in [-0.2, -0.15) is 4.57 Å². The fourth-order valence-corrected chi connectivity index (χ4v) is 6.07. The number of nitrogens with zero attached hydrogens (tertiary/aromatic N) is 3. The van der Waals surface area contributed by atoms with Crippen molar-refractivity contribution in [1.82, 2.24) is 14.5 Å². The molecule has 1 saturated carbocycles. The van der Waals surface area contributed by atoms with Crippen LogP contribution in [0.2, 0.25) is 0 Å². The second-order valence-electron chi connectivity index (χ2n) is 11.9. The summed E-state index contributed by atoms with van der Waals surface area (Å²) in [6, 6.07) is 8.09. The van der Waals surface area contributed by atoms with Gasteiger partial charge in [0.1, 0.15) is 30.1 Å². The molecule has 0 aliphatic heterocycles. The Morgan fingerprint density at radius 3 is 2.62 bits per heavy atom. The van der Waals surface area contributed by atoms with Gasteiger partial charge in [0.2, 0.25) is 6.73 Å². The van der Waals surface area contributed by atoms with E-state index in [2.05, 4.69) is 20.5 Å². The number of alkyl carbamates (subject to hydrolysis) is 1. The summed E-state index contributed by atoms with van der Waals surface area (Å²) in [5.74, 6) is 0.511. The number of esters is 1. The van der Waals surface area contributed by atoms with E-state index >= 15 is 0 Å². The predicted molar refractivity (Wildman–Crippen MR) is 145 cm³/mol. The average molecular weight is 536 g/mol. The monoisotopic (exact) mass is 535 g/mol. The lowest BCUT2D eigenvalue weighted by atomic mass is 9.85. The smallest absolute Gasteiger partial charge is 0.408 e. The molecule has 1 fully saturated rings. The summed E-state index contributed by atoms with van der Waals surface area (Å²) in [5, 5.41) is 3.82. The normalized spacial score (nSPS) is 18.7. The van der Waals surface area contributed by atoms with Gasteiger partial charge in [-0.15, -0.1) is 0 Å². The van der Waals surface area contributed by atoms with Gasteiger partial charge >= 0.3 is 12.1 Å². The third-order valence-corrected chi connectivity index (χ3v) is 8.17. The molecule has 5 rings (SSSR count). The first-order valence-corrected chi connectivity index (χ1v) is 13.8. The van der Waals surface area contributed by atoms with Crippen LogP contribution in [0, 0.1) is 12.8 Å². The molecule has 208 valence electrons. The van der Waals surface area contributed by atoms with Gasteiger partial charge < -0.3 is 19.4 Å². The molecule has 2 heterocycles. The molecule has 1 atom stereocenters. The van der Waals surface area contributed by atoms with Gasteiger partial charge in [0.25, 0.3) is 5.82 Å². The summed E-state index contributed by atoms with van der Waals surface area (Å²) >= 11 is 0. The zero-order valence-corrected chi connectivity index (χ0v) is 23.6. The summed E-state index contributed by atoms with van der Waals surface area (Å²) in [5.41, 5.74) is 1.34. The number of fused-ring (bicyclic) bond motifs is 3. The maximum Gasteiger partial charge on any atom is 0.408 e. The number of para-hydroxylation sites is 1. The summed E-state index contributed by atoms with van der Waals surface area (Å²) in [6.45, 7) is 7.92. The molecular weight excluding hydrogens is 496 g/mol. The van der Waals surface area contributed by atoms with Crippen LogP contribution in [0.15, 0.2) is 36.7 Å². The van der Waals surface area contributed by atoms with Crippen molar-refractivity contribution in [1.29, 1.82) is 0 Å². The standard InChI is InChI=1S/C30H38N4O5/c1-20-33(18-21-12-13-24-25(26(21)35)22-10-6-7-11-23(22)32(24)5)16-17-34(20)19-38-27(36)30(14-8-9-15-30)31-28(37)39-29(2,3)4/h6-7,10-11,16-17,21H,8-9,12-15,18-19H2,1-5H3/p+1. The highest BCUT2D eigenvalue weighted by Crippen LogP contribution is 2.34. The van der Waals surface area contributed by atoms with Crippen molar-refractivity contribution in [2.45, 2.75) is 90.6 Å². The van der Waals surface area contributed by atoms with Crippen LogP contribution in [0.5, 0.6) is 0 Å². The molecule has 0 radical (unpaired) electrons. The maximum absolute atomic E-state index is 13.6. The molecule has 0 bridgehead atoms. The molecule has 0 saturated heterocycles. The highest BCUT2D eigenvalue weighted by Gasteiger charge is 2.45. The number of hydrogen-bond donors (Lipinski definition) is 1. The molecule has 1 aromatic carbocycles. The van der Waals surface area contributed by atoms with Crippen molar-refractivity contribution in [2.24, 2.45) is 13.0 Å². The van der Waals surface area contributed by atoms with Crippen molar-refractivity contribution < 1.29 is 28.4 Å². The van der Waals surface area contributed by atoms with Crippen molar-refractivity contribution in [2.75, 3.05) is 0 Å². The Labute approximate surface area is 229 Å². The topological polar surface area (TPSA) is 95.4 Å². The number of carbonyl (C=O) groups is 3. The number of imidazole rings is 1. The van der Waals surface area contributed by atoms with Crippen LogP contribution >= 0.6 is 0 Å². The number of Topliss-reactive ketones (excluding diaryl/α,β-unsaturated/α-hetero) is 1. The van der Waals surface area contributed by atoms with E-state index in [1.807, 2.05) is 49.1 Å². The second kappa shape index (κ2) is 10.2. The fraction of sp³-hybridized carbons (Fsp3) is 0.533. The molecule has 9 nitrogen and oxygen atoms in total. The molecule has 1 N–H and O–H groups in total. The van der Waals surface area contributed by atoms with Crippen molar-refractivity contribution in [3.05, 3.63) is 53.7 Å². The third-order valence-electron chi connectivity index (χ3n) is 8.17. The Morgan fingerprint density at radius 2 is 1.90 bits per heavy atom. The van der Waals surface area contributed by atoms with Crippen LogP contribution in [0.1, 0.15) is 74.8 Å². The van der Waals surface area contributed by atoms with Gasteiger partial charge in [0.15, 0.2) is 5.78 Å². The molecule has 0 spiro atoms. The molecule has 2 aliphatic carbocycles. The highest BCUT2D eigenvalue weighted by molar-refractivity contribution is 6.11. The first kappa shape index (κ1) is 27.0. The molecule has 1 amide bonds. The Kier molecular flexibility index (Phi) is 7.03. The number of benzene rings is 1. The van der Waals surface area contributed by atoms with Crippen LogP contribution in [-0.2, 0) is 41.0 Å². The summed E-state index contributed by atoms with van der Waals surface area (Å²) in [4.78, 5) is 39.2. The van der Waals surface area contributed by atoms with E-state index in [0.717, 1.165) is 53.7 Å². The first-order valence-electron chi connectivity index (χ1n) is 13.8. The van der Waals surface area contributed by atoms with E-state index in [9.17, 15) is 14.4 Å². The lowest BCUT2D eigenvalue weighted by Crippen LogP contribution is -2.55. The largest absolute Gasteiger partial charge is 0.444 e. The Hall–Kier alpha value is -3.62. The number of aryl methyl sites for hydroxylation is 1. The van der Waals surface area contributed by atoms with Crippen molar-refractivity contribution in [3.8, 4) is 0 Å². The quantitative estimate of drug-likeness (QED) is 0.374. The minimum atomic E-state index is -1.07. The molecule has 39 heavy (non-hydrogen) atoms. The van der Waals surface area contributed by atoms with Gasteiger partial charge in [0.05, 0.1) is 5.92 Å². The second-order valence-corrected chi connectivity index (χ2v) is 11.9. The first-order chi connectivity index (χ1) is 18.5. The zero-order chi connectivity index (χ0) is 27.9. The molecule has 3 aromatic rings. The van der Waals surface area contributed by atoms with E-state index in [4.69, 9.17) is 9.47 Å². The van der Waals surface area contributed by atoms with E-state index in [1.54, 1.807) is 20.8 Å². The maximum atomic E-state index is 13.6. The molecule has 2 aliphatic rings. The number of amides is 1.